The molecule has 0 saturated heterocycles. The molecule has 8 aliphatic heterocycles. The number of aromatic amines is 4. The van der Waals surface area contributed by atoms with Crippen molar-refractivity contribution >= 4 is 44.1 Å². The molecule has 8 aromatic rings. The molecule has 0 bridgehead atoms. The van der Waals surface area contributed by atoms with E-state index in [-0.39, 0.29) is 40.6 Å². The Morgan fingerprint density at radius 2 is 0.727 bits per heavy atom. The lowest BCUT2D eigenvalue weighted by Gasteiger charge is -2.23. The normalized spacial score (nSPS) is 12.2. The first kappa shape index (κ1) is 85.7. The molecule has 0 amide bonds. The van der Waals surface area contributed by atoms with Crippen LogP contribution >= 0.6 is 0 Å². The fourth-order valence-corrected chi connectivity index (χ4v) is 15.7. The lowest BCUT2D eigenvalue weighted by Crippen LogP contribution is -2.31. The van der Waals surface area contributed by atoms with Crippen LogP contribution in [-0.4, -0.2) is 90.8 Å². The average Bonchev–Trinajstić information content (AvgIpc) is 0.768. The van der Waals surface area contributed by atoms with Gasteiger partial charge in [0.05, 0.1) is 56.8 Å². The van der Waals surface area contributed by atoms with E-state index in [1.54, 1.807) is 0 Å². The van der Waals surface area contributed by atoms with Crippen molar-refractivity contribution in [2.75, 3.05) is 6.61 Å². The third kappa shape index (κ3) is 20.2. The van der Waals surface area contributed by atoms with Crippen LogP contribution in [-0.2, 0) is 75.9 Å². The minimum absolute atomic E-state index is 0.161. The zero-order valence-corrected chi connectivity index (χ0v) is 71.1. The molecule has 0 fully saturated rings. The lowest BCUT2D eigenvalue weighted by molar-refractivity contribution is 0.0517. The molecule has 0 aromatic heterocycles. The number of benzene rings is 8. The van der Waals surface area contributed by atoms with Gasteiger partial charge in [0, 0.05) is 32.7 Å². The molecule has 0 aliphatic carbocycles. The predicted molar refractivity (Wildman–Crippen MR) is 478 cm³/mol. The molecule has 25 heteroatoms. The van der Waals surface area contributed by atoms with Gasteiger partial charge in [-0.25, -0.2) is 39.1 Å². The summed E-state index contributed by atoms with van der Waals surface area (Å²) in [5, 5.41) is 0. The summed E-state index contributed by atoms with van der Waals surface area (Å²) in [6.07, 6.45) is 9.73. The summed E-state index contributed by atoms with van der Waals surface area (Å²) in [7, 11) is 0. The Balaban J connectivity index is 0.000000139. The van der Waals surface area contributed by atoms with E-state index in [0.29, 0.717) is 68.1 Å². The topological polar surface area (TPSA) is 332 Å². The summed E-state index contributed by atoms with van der Waals surface area (Å²) < 4.78 is 13.9. The van der Waals surface area contributed by atoms with E-state index in [1.807, 2.05) is 61.6 Å². The summed E-state index contributed by atoms with van der Waals surface area (Å²) >= 11 is 0. The minimum Gasteiger partial charge on any atom is -0.376 e. The highest BCUT2D eigenvalue weighted by Crippen LogP contribution is 2.31. The zero-order valence-electron chi connectivity index (χ0n) is 71.1. The number of H-pyrrole nitrogens is 4. The molecule has 25 nitrogen and oxygen atoms in total. The fraction of sp³-hybridized carbons (Fsp3) is 0.333. The van der Waals surface area contributed by atoms with Gasteiger partial charge in [-0.05, 0) is 222 Å². The summed E-state index contributed by atoms with van der Waals surface area (Å²) in [5.74, 6) is 2.00. The third-order valence-corrected chi connectivity index (χ3v) is 22.4. The quantitative estimate of drug-likeness (QED) is 0.0408. The number of aromatic nitrogens is 16. The number of aryl methyl sites for hydroxylation is 13. The molecule has 0 spiro atoms. The first-order valence-corrected chi connectivity index (χ1v) is 41.9. The number of rotatable bonds is 24. The van der Waals surface area contributed by atoms with Crippen molar-refractivity contribution in [1.29, 1.82) is 0 Å². The molecule has 8 aliphatic rings. The first-order chi connectivity index (χ1) is 58.2. The van der Waals surface area contributed by atoms with Crippen molar-refractivity contribution in [3.8, 4) is 46.1 Å². The first-order valence-electron chi connectivity index (χ1n) is 41.9. The van der Waals surface area contributed by atoms with E-state index >= 15 is 0 Å². The summed E-state index contributed by atoms with van der Waals surface area (Å²) in [4.78, 5) is 141. The number of nitrogens with zero attached hydrogens (tertiary/aromatic N) is 12. The van der Waals surface area contributed by atoms with E-state index in [2.05, 4.69) is 264 Å². The van der Waals surface area contributed by atoms with E-state index < -0.39 is 45.0 Å². The van der Waals surface area contributed by atoms with Gasteiger partial charge in [-0.3, -0.25) is 39.1 Å². The second-order valence-corrected chi connectivity index (χ2v) is 31.8. The Bertz CT molecular complexity index is 6770. The second kappa shape index (κ2) is 38.3. The molecule has 0 saturated carbocycles. The molecule has 3 atom stereocenters. The van der Waals surface area contributed by atoms with Gasteiger partial charge in [0.2, 0.25) is 0 Å². The summed E-state index contributed by atoms with van der Waals surface area (Å²) in [6.45, 7) is 30.1. The van der Waals surface area contributed by atoms with Gasteiger partial charge in [-0.1, -0.05) is 179 Å². The minimum atomic E-state index is -0.675. The average molecular weight is 1630 g/mol. The van der Waals surface area contributed by atoms with Gasteiger partial charge >= 0.3 is 22.8 Å². The van der Waals surface area contributed by atoms with Crippen molar-refractivity contribution in [1.82, 2.24) is 78.1 Å². The van der Waals surface area contributed by atoms with Crippen LogP contribution in [0.5, 0.6) is 0 Å². The van der Waals surface area contributed by atoms with Gasteiger partial charge in [0.1, 0.15) is 0 Å². The highest BCUT2D eigenvalue weighted by Gasteiger charge is 2.26. The van der Waals surface area contributed by atoms with E-state index in [9.17, 15) is 38.4 Å². The standard InChI is InChI=1S/C25H28N4O3.2C24H26N4O2.C23H24N4O2/c1-5-18-13-20-21(11-16(18)4)29(23-22(26-20)24(30)28-25(31)27-23)14-19(32-6-2)12-17-9-7-15(3)8-10-17;1-4-16(3)18-11-12-20-19(14-18)25-21-22(26-24(30)27-23(21)29)28(20)13-5-6-17-9-7-15(2)8-10-17;1-4-5-17-10-11-20-19(13-17)25-21-22(26-24(30)27-23(21)29)28(20)14-16(3)12-18-8-6-15(2)7-9-18;1-4-17-13-19-18(12-15(17)3)24-20-21(25-23(29)26-22(20)28)27(19)11-5-6-16-9-7-14(2)8-10-16/h7-11,13,19H,5-6,12,14H2,1-4H3,(H,28,30,31);7-12,14,16H,4-6,13H2,1-3H3,(H,27,29,30);6-11,13,16H,4-5,12,14H2,1-3H3,(H,27,29,30);7-10,12-13H,4-6,11H2,1-3H3,(H,26,28,29). The van der Waals surface area contributed by atoms with Crippen LogP contribution in [0.3, 0.4) is 0 Å². The van der Waals surface area contributed by atoms with Crippen molar-refractivity contribution in [2.45, 2.75) is 199 Å². The molecule has 8 aromatic carbocycles. The molecule has 16 rings (SSSR count). The molecular formula is C96H104N16O9. The van der Waals surface area contributed by atoms with E-state index in [4.69, 9.17) is 4.74 Å². The number of hydrogen-bond donors (Lipinski definition) is 4. The highest BCUT2D eigenvalue weighted by molar-refractivity contribution is 5.84. The Kier molecular flexibility index (Phi) is 27.1. The fourth-order valence-electron chi connectivity index (χ4n) is 15.7. The molecule has 8 heterocycles. The smallest absolute Gasteiger partial charge is 0.349 e. The van der Waals surface area contributed by atoms with Crippen LogP contribution in [0.4, 0.5) is 0 Å². The van der Waals surface area contributed by atoms with Gasteiger partial charge in [0.15, 0.2) is 46.1 Å². The number of nitrogens with one attached hydrogen (secondary N) is 4. The zero-order chi connectivity index (χ0) is 85.9. The number of hydrogen-bond acceptors (Lipinski definition) is 17. The van der Waals surface area contributed by atoms with Gasteiger partial charge in [0.25, 0.3) is 22.2 Å². The largest absolute Gasteiger partial charge is 0.376 e. The van der Waals surface area contributed by atoms with Crippen LogP contribution < -0.4 is 45.0 Å². The maximum absolute atomic E-state index is 12.5. The van der Waals surface area contributed by atoms with Crippen LogP contribution in [0.15, 0.2) is 196 Å². The van der Waals surface area contributed by atoms with E-state index in [0.717, 1.165) is 120 Å². The van der Waals surface area contributed by atoms with Gasteiger partial charge in [-0.15, -0.1) is 0 Å². The van der Waals surface area contributed by atoms with Crippen LogP contribution in [0.2, 0.25) is 0 Å². The number of ether oxygens (including phenoxy) is 1. The van der Waals surface area contributed by atoms with Crippen LogP contribution in [0, 0.1) is 47.5 Å². The molecule has 4 N–H and O–H groups in total. The van der Waals surface area contributed by atoms with Gasteiger partial charge < -0.3 is 23.0 Å². The van der Waals surface area contributed by atoms with Crippen molar-refractivity contribution in [3.63, 3.8) is 0 Å². The van der Waals surface area contributed by atoms with Crippen LogP contribution in [0.1, 0.15) is 158 Å². The summed E-state index contributed by atoms with van der Waals surface area (Å²) in [6, 6.07) is 54.4. The second-order valence-electron chi connectivity index (χ2n) is 31.8. The molecule has 622 valence electrons. The Morgan fingerprint density at radius 1 is 0.355 bits per heavy atom. The van der Waals surface area contributed by atoms with Gasteiger partial charge in [-0.2, -0.15) is 19.9 Å². The molecule has 3 unspecified atom stereocenters. The van der Waals surface area contributed by atoms with Crippen molar-refractivity contribution < 1.29 is 4.74 Å². The third-order valence-electron chi connectivity index (χ3n) is 22.4. The lowest BCUT2D eigenvalue weighted by atomic mass is 9.98. The maximum Gasteiger partial charge on any atom is 0.349 e. The van der Waals surface area contributed by atoms with E-state index in [1.165, 1.54) is 61.2 Å². The van der Waals surface area contributed by atoms with Crippen molar-refractivity contribution in [3.05, 3.63) is 319 Å². The molecule has 121 heavy (non-hydrogen) atoms. The summed E-state index contributed by atoms with van der Waals surface area (Å²) in [5.41, 5.74) is 19.5. The Morgan fingerprint density at radius 3 is 1.18 bits per heavy atom. The molecular weight excluding hydrogens is 1520 g/mol. The SMILES string of the molecule is CCC(C)c1ccc2c(c1)nc1c(=O)[nH]c(=O)nc-1n2CCCc1ccc(C)cc1.CCCc1ccc2c(c1)nc1c(=O)[nH]c(=O)nc-1n2CC(C)Cc1ccc(C)cc1.CCOC(Cc1ccc(C)cc1)Cn1c2nc(=O)[nH]c(=O)c-2nc2cc(CC)c(C)cc21.CCc1cc2c(cc1C)nc1c(=O)[nH]c(=O)nc-1n2CCCc1ccc(C)cc1. The monoisotopic (exact) mass is 1620 g/mol. The predicted octanol–water partition coefficient (Wildman–Crippen LogP) is 14.6. The van der Waals surface area contributed by atoms with Crippen molar-refractivity contribution in [2.24, 2.45) is 5.92 Å². The highest BCUT2D eigenvalue weighted by atomic mass is 16.5. The number of fused-ring (bicyclic) bond motifs is 8. The Hall–Kier alpha value is -13.2. The molecule has 0 radical (unpaired) electrons. The maximum atomic E-state index is 12.5. The Labute approximate surface area is 699 Å². The van der Waals surface area contributed by atoms with Crippen LogP contribution in [0.25, 0.3) is 90.2 Å².